The summed E-state index contributed by atoms with van der Waals surface area (Å²) in [6.45, 7) is 1.37. The number of ether oxygens (including phenoxy) is 2. The van der Waals surface area contributed by atoms with E-state index in [9.17, 15) is 9.59 Å². The first kappa shape index (κ1) is 17.9. The molecule has 0 saturated carbocycles. The molecule has 7 nitrogen and oxygen atoms in total. The zero-order valence-corrected chi connectivity index (χ0v) is 14.6. The molecule has 4 N–H and O–H groups in total. The number of primary amides is 1. The molecule has 1 aliphatic heterocycles. The van der Waals surface area contributed by atoms with E-state index in [1.807, 2.05) is 0 Å². The molecule has 0 spiro atoms. The van der Waals surface area contributed by atoms with Crippen LogP contribution < -0.4 is 25.8 Å². The molecule has 8 heteroatoms. The molecule has 26 heavy (non-hydrogen) atoms. The van der Waals surface area contributed by atoms with E-state index in [4.69, 9.17) is 26.8 Å². The molecule has 0 fully saturated rings. The molecular weight excluding hydrogens is 358 g/mol. The lowest BCUT2D eigenvalue weighted by Gasteiger charge is -2.12. The molecule has 0 saturated heterocycles. The third kappa shape index (κ3) is 4.37. The molecule has 0 aliphatic carbocycles. The highest BCUT2D eigenvalue weighted by atomic mass is 35.5. The number of benzene rings is 2. The van der Waals surface area contributed by atoms with E-state index in [0.717, 1.165) is 12.0 Å². The van der Waals surface area contributed by atoms with Gasteiger partial charge in [0.1, 0.15) is 0 Å². The van der Waals surface area contributed by atoms with Crippen molar-refractivity contribution in [3.05, 3.63) is 52.5 Å². The maximum absolute atomic E-state index is 12.3. The highest BCUT2D eigenvalue weighted by Crippen LogP contribution is 2.37. The van der Waals surface area contributed by atoms with Crippen molar-refractivity contribution >= 4 is 29.2 Å². The molecule has 0 aromatic heterocycles. The average molecular weight is 376 g/mol. The number of amides is 3. The number of anilines is 1. The van der Waals surface area contributed by atoms with Crippen LogP contribution in [0.25, 0.3) is 0 Å². The summed E-state index contributed by atoms with van der Waals surface area (Å²) in [6.07, 6.45) is 0.784. The van der Waals surface area contributed by atoms with Crippen molar-refractivity contribution in [1.29, 1.82) is 0 Å². The number of halogens is 1. The number of nitrogens with one attached hydrogen (secondary N) is 2. The van der Waals surface area contributed by atoms with Crippen LogP contribution in [0.1, 0.15) is 22.3 Å². The maximum atomic E-state index is 12.3. The average Bonchev–Trinajstić information content (AvgIpc) is 2.85. The van der Waals surface area contributed by atoms with Crippen LogP contribution in [0, 0.1) is 0 Å². The van der Waals surface area contributed by atoms with Crippen molar-refractivity contribution in [3.63, 3.8) is 0 Å². The van der Waals surface area contributed by atoms with E-state index in [-0.39, 0.29) is 12.5 Å². The second kappa shape index (κ2) is 7.97. The van der Waals surface area contributed by atoms with Crippen LogP contribution in [-0.2, 0) is 6.54 Å². The summed E-state index contributed by atoms with van der Waals surface area (Å²) in [5, 5.41) is 5.69. The second-order valence-corrected chi connectivity index (χ2v) is 6.12. The van der Waals surface area contributed by atoms with Gasteiger partial charge in [0.05, 0.1) is 18.2 Å². The zero-order valence-electron chi connectivity index (χ0n) is 13.9. The molecule has 136 valence electrons. The number of nitrogens with two attached hydrogens (primary N) is 1. The van der Waals surface area contributed by atoms with Gasteiger partial charge in [-0.15, -0.1) is 0 Å². The summed E-state index contributed by atoms with van der Waals surface area (Å²) in [4.78, 5) is 23.3. The highest BCUT2D eigenvalue weighted by Gasteiger charge is 2.16. The summed E-state index contributed by atoms with van der Waals surface area (Å²) >= 11 is 6.25. The number of carbonyl (C=O) groups excluding carboxylic acids is 2. The van der Waals surface area contributed by atoms with Crippen LogP contribution in [0.5, 0.6) is 11.5 Å². The predicted molar refractivity (Wildman–Crippen MR) is 97.9 cm³/mol. The number of carbonyl (C=O) groups is 2. The van der Waals surface area contributed by atoms with Gasteiger partial charge in [-0.05, 0) is 35.9 Å². The lowest BCUT2D eigenvalue weighted by molar-refractivity contribution is 0.0951. The Kier molecular flexibility index (Phi) is 5.48. The minimum absolute atomic E-state index is 0.267. The standard InChI is InChI=1S/C18H18ClN3O4/c19-14-7-11(8-15-16(14)26-6-2-5-25-15)10-21-17(23)12-3-1-4-13(9-12)22-18(20)24/h1,3-4,7-9H,2,5-6,10H2,(H,21,23)(H3,20,22,24). The molecule has 0 radical (unpaired) electrons. The van der Waals surface area contributed by atoms with Crippen LogP contribution in [0.2, 0.25) is 5.02 Å². The fraction of sp³-hybridized carbons (Fsp3) is 0.222. The topological polar surface area (TPSA) is 103 Å². The van der Waals surface area contributed by atoms with Crippen LogP contribution >= 0.6 is 11.6 Å². The van der Waals surface area contributed by atoms with Gasteiger partial charge < -0.3 is 25.8 Å². The minimum atomic E-state index is -0.690. The van der Waals surface area contributed by atoms with Crippen molar-refractivity contribution < 1.29 is 19.1 Å². The minimum Gasteiger partial charge on any atom is -0.489 e. The monoisotopic (exact) mass is 375 g/mol. The lowest BCUT2D eigenvalue weighted by atomic mass is 10.1. The van der Waals surface area contributed by atoms with Crippen molar-refractivity contribution in [1.82, 2.24) is 5.32 Å². The van der Waals surface area contributed by atoms with Gasteiger partial charge in [-0.25, -0.2) is 4.79 Å². The fourth-order valence-electron chi connectivity index (χ4n) is 2.55. The van der Waals surface area contributed by atoms with E-state index in [2.05, 4.69) is 10.6 Å². The van der Waals surface area contributed by atoms with Gasteiger partial charge in [0.25, 0.3) is 5.91 Å². The lowest BCUT2D eigenvalue weighted by Crippen LogP contribution is -2.23. The van der Waals surface area contributed by atoms with Gasteiger partial charge in [-0.3, -0.25) is 4.79 Å². The Hall–Kier alpha value is -2.93. The number of rotatable bonds is 4. The Balaban J connectivity index is 1.69. The molecule has 0 atom stereocenters. The van der Waals surface area contributed by atoms with Gasteiger partial charge in [-0.2, -0.15) is 0 Å². The first-order valence-corrected chi connectivity index (χ1v) is 8.43. The molecule has 2 aromatic rings. The normalized spacial score (nSPS) is 12.8. The van der Waals surface area contributed by atoms with Crippen molar-refractivity contribution in [2.75, 3.05) is 18.5 Å². The first-order valence-electron chi connectivity index (χ1n) is 8.05. The molecule has 1 aliphatic rings. The van der Waals surface area contributed by atoms with E-state index in [1.165, 1.54) is 0 Å². The van der Waals surface area contributed by atoms with Crippen molar-refractivity contribution in [3.8, 4) is 11.5 Å². The number of urea groups is 1. The molecule has 0 bridgehead atoms. The van der Waals surface area contributed by atoms with Crippen LogP contribution in [0.4, 0.5) is 10.5 Å². The third-order valence-electron chi connectivity index (χ3n) is 3.71. The number of hydrogen-bond acceptors (Lipinski definition) is 4. The van der Waals surface area contributed by atoms with Gasteiger partial charge in [0.2, 0.25) is 0 Å². The van der Waals surface area contributed by atoms with Crippen molar-refractivity contribution in [2.45, 2.75) is 13.0 Å². The van der Waals surface area contributed by atoms with Crippen LogP contribution in [-0.4, -0.2) is 25.2 Å². The van der Waals surface area contributed by atoms with E-state index in [0.29, 0.717) is 41.0 Å². The van der Waals surface area contributed by atoms with Gasteiger partial charge >= 0.3 is 6.03 Å². The molecule has 1 heterocycles. The first-order chi connectivity index (χ1) is 12.5. The Morgan fingerprint density at radius 1 is 1.15 bits per heavy atom. The smallest absolute Gasteiger partial charge is 0.316 e. The Morgan fingerprint density at radius 3 is 2.77 bits per heavy atom. The molecule has 3 amide bonds. The zero-order chi connectivity index (χ0) is 18.5. The molecule has 2 aromatic carbocycles. The maximum Gasteiger partial charge on any atom is 0.316 e. The highest BCUT2D eigenvalue weighted by molar-refractivity contribution is 6.32. The Labute approximate surface area is 155 Å². The summed E-state index contributed by atoms with van der Waals surface area (Å²) < 4.78 is 11.2. The fourth-order valence-corrected chi connectivity index (χ4v) is 2.84. The summed E-state index contributed by atoms with van der Waals surface area (Å²) in [5.74, 6) is 0.817. The summed E-state index contributed by atoms with van der Waals surface area (Å²) in [5.41, 5.74) is 6.72. The Morgan fingerprint density at radius 2 is 1.96 bits per heavy atom. The SMILES string of the molecule is NC(=O)Nc1cccc(C(=O)NCc2cc(Cl)c3c(c2)OCCCO3)c1. The van der Waals surface area contributed by atoms with E-state index in [1.54, 1.807) is 36.4 Å². The number of hydrogen-bond donors (Lipinski definition) is 3. The summed E-state index contributed by atoms with van der Waals surface area (Å²) in [6, 6.07) is 9.33. The molecular formula is C18H18ClN3O4. The van der Waals surface area contributed by atoms with E-state index >= 15 is 0 Å². The van der Waals surface area contributed by atoms with Crippen molar-refractivity contribution in [2.24, 2.45) is 5.73 Å². The molecule has 3 rings (SSSR count). The van der Waals surface area contributed by atoms with Gasteiger partial charge in [0.15, 0.2) is 11.5 Å². The Bertz CT molecular complexity index is 841. The van der Waals surface area contributed by atoms with Crippen LogP contribution in [0.15, 0.2) is 36.4 Å². The van der Waals surface area contributed by atoms with E-state index < -0.39 is 6.03 Å². The quantitative estimate of drug-likeness (QED) is 0.764. The van der Waals surface area contributed by atoms with Gasteiger partial charge in [0, 0.05) is 24.2 Å². The predicted octanol–water partition coefficient (Wildman–Crippen LogP) is 2.92. The van der Waals surface area contributed by atoms with Gasteiger partial charge in [-0.1, -0.05) is 17.7 Å². The largest absolute Gasteiger partial charge is 0.489 e. The molecule has 0 unspecified atom stereocenters. The summed E-state index contributed by atoms with van der Waals surface area (Å²) in [7, 11) is 0. The number of fused-ring (bicyclic) bond motifs is 1. The third-order valence-corrected chi connectivity index (χ3v) is 3.99. The second-order valence-electron chi connectivity index (χ2n) is 5.71. The van der Waals surface area contributed by atoms with Crippen LogP contribution in [0.3, 0.4) is 0 Å².